The summed E-state index contributed by atoms with van der Waals surface area (Å²) in [6, 6.07) is 8.10. The number of aromatic hydroxyl groups is 1. The lowest BCUT2D eigenvalue weighted by Crippen LogP contribution is -2.27. The van der Waals surface area contributed by atoms with Gasteiger partial charge in [0.05, 0.1) is 0 Å². The molecule has 2 heteroatoms. The molecule has 0 heterocycles. The van der Waals surface area contributed by atoms with Crippen molar-refractivity contribution in [3.63, 3.8) is 0 Å². The summed E-state index contributed by atoms with van der Waals surface area (Å²) in [7, 11) is 0. The molecule has 0 bridgehead atoms. The quantitative estimate of drug-likeness (QED) is 0.651. The van der Waals surface area contributed by atoms with Gasteiger partial charge in [0.25, 0.3) is 0 Å². The lowest BCUT2D eigenvalue weighted by Gasteiger charge is -2.13. The van der Waals surface area contributed by atoms with Gasteiger partial charge in [0, 0.05) is 6.04 Å². The maximum Gasteiger partial charge on any atom is 0.115 e. The Bertz CT molecular complexity index is 307. The standard InChI is InChI=1S/C16H27NO/c1-3-4-5-6-7-14(2)17-13-12-15-8-10-16(18)11-9-15/h8-11,14,17-18H,3-7,12-13H2,1-2H3. The van der Waals surface area contributed by atoms with Crippen molar-refractivity contribution >= 4 is 0 Å². The summed E-state index contributed by atoms with van der Waals surface area (Å²) in [5.41, 5.74) is 1.28. The number of phenolic OH excluding ortho intramolecular Hbond substituents is 1. The molecule has 1 aromatic carbocycles. The second-order valence-corrected chi connectivity index (χ2v) is 5.12. The van der Waals surface area contributed by atoms with Crippen molar-refractivity contribution < 1.29 is 5.11 Å². The van der Waals surface area contributed by atoms with E-state index in [-0.39, 0.29) is 0 Å². The molecule has 0 aliphatic heterocycles. The molecule has 0 saturated heterocycles. The van der Waals surface area contributed by atoms with Gasteiger partial charge in [-0.1, -0.05) is 44.7 Å². The molecule has 0 amide bonds. The molecule has 0 aromatic heterocycles. The highest BCUT2D eigenvalue weighted by atomic mass is 16.3. The largest absolute Gasteiger partial charge is 0.508 e. The van der Waals surface area contributed by atoms with Gasteiger partial charge in [-0.3, -0.25) is 0 Å². The van der Waals surface area contributed by atoms with Crippen LogP contribution < -0.4 is 5.32 Å². The first-order valence-corrected chi connectivity index (χ1v) is 7.23. The Morgan fingerprint density at radius 3 is 2.50 bits per heavy atom. The van der Waals surface area contributed by atoms with Crippen LogP contribution in [0.2, 0.25) is 0 Å². The van der Waals surface area contributed by atoms with E-state index in [2.05, 4.69) is 19.2 Å². The van der Waals surface area contributed by atoms with Crippen LogP contribution in [0.15, 0.2) is 24.3 Å². The minimum atomic E-state index is 0.344. The second-order valence-electron chi connectivity index (χ2n) is 5.12. The molecule has 1 atom stereocenters. The fourth-order valence-corrected chi connectivity index (χ4v) is 2.10. The molecule has 0 saturated carbocycles. The number of benzene rings is 1. The summed E-state index contributed by atoms with van der Waals surface area (Å²) in [5, 5.41) is 12.8. The average molecular weight is 249 g/mol. The van der Waals surface area contributed by atoms with Crippen LogP contribution in [0.1, 0.15) is 51.5 Å². The Balaban J connectivity index is 2.07. The lowest BCUT2D eigenvalue weighted by atomic mass is 10.1. The first-order valence-electron chi connectivity index (χ1n) is 7.23. The van der Waals surface area contributed by atoms with E-state index < -0.39 is 0 Å². The first-order chi connectivity index (χ1) is 8.72. The third-order valence-electron chi connectivity index (χ3n) is 3.33. The van der Waals surface area contributed by atoms with E-state index >= 15 is 0 Å². The summed E-state index contributed by atoms with van der Waals surface area (Å²) < 4.78 is 0. The van der Waals surface area contributed by atoms with Crippen LogP contribution in [0.5, 0.6) is 5.75 Å². The summed E-state index contributed by atoms with van der Waals surface area (Å²) in [4.78, 5) is 0. The zero-order valence-corrected chi connectivity index (χ0v) is 11.8. The molecule has 2 N–H and O–H groups in total. The SMILES string of the molecule is CCCCCCC(C)NCCc1ccc(O)cc1. The van der Waals surface area contributed by atoms with Crippen LogP contribution in [-0.4, -0.2) is 17.7 Å². The van der Waals surface area contributed by atoms with Crippen LogP contribution in [0, 0.1) is 0 Å². The lowest BCUT2D eigenvalue weighted by molar-refractivity contribution is 0.474. The van der Waals surface area contributed by atoms with Gasteiger partial charge in [0.1, 0.15) is 5.75 Å². The molecule has 18 heavy (non-hydrogen) atoms. The Morgan fingerprint density at radius 1 is 1.11 bits per heavy atom. The normalized spacial score (nSPS) is 12.6. The Hall–Kier alpha value is -1.02. The molecular weight excluding hydrogens is 222 g/mol. The van der Waals surface area contributed by atoms with Gasteiger partial charge in [-0.25, -0.2) is 0 Å². The van der Waals surface area contributed by atoms with E-state index in [1.165, 1.54) is 37.7 Å². The Kier molecular flexibility index (Phi) is 7.51. The van der Waals surface area contributed by atoms with Crippen molar-refractivity contribution in [1.29, 1.82) is 0 Å². The van der Waals surface area contributed by atoms with Crippen molar-refractivity contribution in [2.24, 2.45) is 0 Å². The highest BCUT2D eigenvalue weighted by Crippen LogP contribution is 2.10. The van der Waals surface area contributed by atoms with Gasteiger partial charge in [0.2, 0.25) is 0 Å². The second kappa shape index (κ2) is 8.98. The smallest absolute Gasteiger partial charge is 0.115 e. The molecule has 102 valence electrons. The topological polar surface area (TPSA) is 32.3 Å². The molecule has 0 aliphatic rings. The van der Waals surface area contributed by atoms with Crippen LogP contribution in [0.4, 0.5) is 0 Å². The molecule has 1 aromatic rings. The number of unbranched alkanes of at least 4 members (excludes halogenated alkanes) is 3. The number of hydrogen-bond acceptors (Lipinski definition) is 2. The molecule has 1 rings (SSSR count). The molecular formula is C16H27NO. The number of nitrogens with one attached hydrogen (secondary N) is 1. The van der Waals surface area contributed by atoms with Crippen molar-refractivity contribution in [2.75, 3.05) is 6.54 Å². The molecule has 0 spiro atoms. The third kappa shape index (κ3) is 6.65. The van der Waals surface area contributed by atoms with E-state index in [4.69, 9.17) is 0 Å². The summed E-state index contributed by atoms with van der Waals surface area (Å²) in [5.74, 6) is 0.344. The van der Waals surface area contributed by atoms with Crippen LogP contribution in [-0.2, 0) is 6.42 Å². The van der Waals surface area contributed by atoms with Crippen molar-refractivity contribution in [2.45, 2.75) is 58.4 Å². The summed E-state index contributed by atoms with van der Waals surface area (Å²) in [6.45, 7) is 5.53. The predicted octanol–water partition coefficient (Wildman–Crippen LogP) is 3.88. The van der Waals surface area contributed by atoms with Crippen molar-refractivity contribution in [3.05, 3.63) is 29.8 Å². The summed E-state index contributed by atoms with van der Waals surface area (Å²) >= 11 is 0. The molecule has 0 aliphatic carbocycles. The highest BCUT2D eigenvalue weighted by Gasteiger charge is 2.01. The summed E-state index contributed by atoms with van der Waals surface area (Å²) in [6.07, 6.45) is 7.67. The third-order valence-corrected chi connectivity index (χ3v) is 3.33. The number of hydrogen-bond donors (Lipinski definition) is 2. The molecule has 1 unspecified atom stereocenters. The van der Waals surface area contributed by atoms with E-state index in [9.17, 15) is 5.11 Å². The predicted molar refractivity (Wildman–Crippen MR) is 78.0 cm³/mol. The minimum Gasteiger partial charge on any atom is -0.508 e. The maximum absolute atomic E-state index is 9.20. The van der Waals surface area contributed by atoms with Gasteiger partial charge < -0.3 is 10.4 Å². The molecule has 0 fully saturated rings. The van der Waals surface area contributed by atoms with Crippen molar-refractivity contribution in [1.82, 2.24) is 5.32 Å². The Labute approximate surface area is 111 Å². The van der Waals surface area contributed by atoms with E-state index in [0.29, 0.717) is 11.8 Å². The van der Waals surface area contributed by atoms with Gasteiger partial charge >= 0.3 is 0 Å². The molecule has 2 nitrogen and oxygen atoms in total. The highest BCUT2D eigenvalue weighted by molar-refractivity contribution is 5.25. The molecule has 0 radical (unpaired) electrons. The zero-order chi connectivity index (χ0) is 13.2. The number of rotatable bonds is 9. The number of phenols is 1. The van der Waals surface area contributed by atoms with Crippen molar-refractivity contribution in [3.8, 4) is 5.75 Å². The maximum atomic E-state index is 9.20. The van der Waals surface area contributed by atoms with Gasteiger partial charge in [0.15, 0.2) is 0 Å². The van der Waals surface area contributed by atoms with Crippen LogP contribution >= 0.6 is 0 Å². The van der Waals surface area contributed by atoms with Gasteiger partial charge in [-0.15, -0.1) is 0 Å². The van der Waals surface area contributed by atoms with Gasteiger partial charge in [-0.05, 0) is 44.0 Å². The van der Waals surface area contributed by atoms with E-state index in [0.717, 1.165) is 13.0 Å². The van der Waals surface area contributed by atoms with Crippen LogP contribution in [0.25, 0.3) is 0 Å². The van der Waals surface area contributed by atoms with Crippen LogP contribution in [0.3, 0.4) is 0 Å². The zero-order valence-electron chi connectivity index (χ0n) is 11.8. The average Bonchev–Trinajstić information content (AvgIpc) is 2.37. The van der Waals surface area contributed by atoms with E-state index in [1.54, 1.807) is 12.1 Å². The van der Waals surface area contributed by atoms with Gasteiger partial charge in [-0.2, -0.15) is 0 Å². The fourth-order valence-electron chi connectivity index (χ4n) is 2.10. The first kappa shape index (κ1) is 15.0. The fraction of sp³-hybridized carbons (Fsp3) is 0.625. The Morgan fingerprint density at radius 2 is 1.83 bits per heavy atom. The minimum absolute atomic E-state index is 0.344. The monoisotopic (exact) mass is 249 g/mol. The van der Waals surface area contributed by atoms with E-state index in [1.807, 2.05) is 12.1 Å².